The number of hydrogen-bond acceptors (Lipinski definition) is 7. The minimum absolute atomic E-state index is 0.0347. The van der Waals surface area contributed by atoms with E-state index < -0.39 is 42.2 Å². The van der Waals surface area contributed by atoms with Crippen molar-refractivity contribution in [2.75, 3.05) is 6.61 Å². The highest BCUT2D eigenvalue weighted by molar-refractivity contribution is 6.42. The number of ether oxygens (including phenoxy) is 2. The highest BCUT2D eigenvalue weighted by atomic mass is 35.5. The molecule has 0 aromatic heterocycles. The summed E-state index contributed by atoms with van der Waals surface area (Å²) in [7, 11) is 0. The lowest BCUT2D eigenvalue weighted by atomic mass is 9.85. The largest absolute Gasteiger partial charge is 0.456 e. The molecule has 5 atom stereocenters. The van der Waals surface area contributed by atoms with E-state index in [-0.39, 0.29) is 45.5 Å². The second kappa shape index (κ2) is 9.76. The lowest BCUT2D eigenvalue weighted by molar-refractivity contribution is -0.157. The quantitative estimate of drug-likeness (QED) is 0.170. The van der Waals surface area contributed by atoms with Gasteiger partial charge >= 0.3 is 11.9 Å². The smallest absolute Gasteiger partial charge is 0.343 e. The van der Waals surface area contributed by atoms with Crippen LogP contribution in [0.5, 0.6) is 5.75 Å². The molecule has 1 heterocycles. The zero-order chi connectivity index (χ0) is 26.4. The van der Waals surface area contributed by atoms with Crippen LogP contribution in [0.4, 0.5) is 0 Å². The molecule has 2 amide bonds. The van der Waals surface area contributed by atoms with Gasteiger partial charge in [0.2, 0.25) is 11.8 Å². The van der Waals surface area contributed by atoms with Crippen LogP contribution in [-0.4, -0.2) is 47.1 Å². The fraction of sp³-hybridized carbons (Fsp3) is 0.296. The fourth-order valence-corrected chi connectivity index (χ4v) is 5.55. The Kier molecular flexibility index (Phi) is 6.64. The number of imide groups is 1. The number of allylic oxidation sites excluding steroid dienone is 2. The van der Waals surface area contributed by atoms with E-state index in [2.05, 4.69) is 0 Å². The van der Waals surface area contributed by atoms with Gasteiger partial charge in [-0.1, -0.05) is 35.4 Å². The number of likely N-dealkylation sites (tertiary alicyclic amines) is 1. The molecule has 2 aromatic rings. The van der Waals surface area contributed by atoms with Crippen molar-refractivity contribution in [1.29, 1.82) is 0 Å². The summed E-state index contributed by atoms with van der Waals surface area (Å²) in [4.78, 5) is 64.2. The Balaban J connectivity index is 1.15. The van der Waals surface area contributed by atoms with Crippen molar-refractivity contribution in [2.45, 2.75) is 19.4 Å². The third-order valence-electron chi connectivity index (χ3n) is 7.12. The standard InChI is InChI=1S/C27H21Cl2NO7/c1-13(30-24(32)22-15-2-3-16(10-15)23(22)25(30)33)26(34)36-12-21(31)14-4-7-18(8-5-14)37-27(35)17-6-9-19(28)20(29)11-17/h2-9,11,13,15-16,22-23H,10,12H2,1H3. The number of ketones is 1. The summed E-state index contributed by atoms with van der Waals surface area (Å²) in [5.41, 5.74) is 0.429. The van der Waals surface area contributed by atoms with Gasteiger partial charge in [0.1, 0.15) is 11.8 Å². The summed E-state index contributed by atoms with van der Waals surface area (Å²) in [5.74, 6) is -3.25. The number of hydrogen-bond donors (Lipinski definition) is 0. The van der Waals surface area contributed by atoms with Gasteiger partial charge in [0.05, 0.1) is 27.4 Å². The number of halogens is 2. The predicted octanol–water partition coefficient (Wildman–Crippen LogP) is 4.13. The van der Waals surface area contributed by atoms with Crippen LogP contribution in [0.25, 0.3) is 0 Å². The van der Waals surface area contributed by atoms with Gasteiger partial charge in [-0.3, -0.25) is 19.3 Å². The molecule has 1 aliphatic heterocycles. The SMILES string of the molecule is CC(C(=O)OCC(=O)c1ccc(OC(=O)c2ccc(Cl)c(Cl)c2)cc1)N1C(=O)C2C3C=CC(C3)C2C1=O. The third kappa shape index (κ3) is 4.55. The number of carbonyl (C=O) groups excluding carboxylic acids is 5. The molecule has 2 aliphatic carbocycles. The Hall–Kier alpha value is -3.49. The maximum atomic E-state index is 12.9. The summed E-state index contributed by atoms with van der Waals surface area (Å²) in [5, 5.41) is 0.521. The van der Waals surface area contributed by atoms with Gasteiger partial charge in [-0.2, -0.15) is 0 Å². The van der Waals surface area contributed by atoms with Crippen molar-refractivity contribution in [2.24, 2.45) is 23.7 Å². The number of amides is 2. The molecular weight excluding hydrogens is 521 g/mol. The van der Waals surface area contributed by atoms with Crippen LogP contribution >= 0.6 is 23.2 Å². The summed E-state index contributed by atoms with van der Waals surface area (Å²) < 4.78 is 10.4. The number of rotatable bonds is 7. The van der Waals surface area contributed by atoms with Crippen molar-refractivity contribution in [1.82, 2.24) is 4.90 Å². The number of fused-ring (bicyclic) bond motifs is 5. The first-order valence-corrected chi connectivity index (χ1v) is 12.4. The average Bonchev–Trinajstić information content (AvgIpc) is 3.57. The van der Waals surface area contributed by atoms with Crippen LogP contribution in [0.15, 0.2) is 54.6 Å². The normalized spacial score (nSPS) is 24.2. The number of carbonyl (C=O) groups is 5. The third-order valence-corrected chi connectivity index (χ3v) is 7.86. The molecule has 190 valence electrons. The first-order chi connectivity index (χ1) is 17.7. The Bertz CT molecular complexity index is 1320. The molecule has 5 rings (SSSR count). The molecule has 2 fully saturated rings. The summed E-state index contributed by atoms with van der Waals surface area (Å²) in [6, 6.07) is 8.92. The first kappa shape index (κ1) is 25.2. The monoisotopic (exact) mass is 541 g/mol. The molecule has 37 heavy (non-hydrogen) atoms. The lowest BCUT2D eigenvalue weighted by Crippen LogP contribution is -2.45. The molecule has 8 nitrogen and oxygen atoms in total. The van der Waals surface area contributed by atoms with Crippen molar-refractivity contribution >= 4 is 52.7 Å². The number of Topliss-reactive ketones (excluding diaryl/α,β-unsaturated/α-hetero) is 1. The van der Waals surface area contributed by atoms with Crippen LogP contribution < -0.4 is 4.74 Å². The summed E-state index contributed by atoms with van der Waals surface area (Å²) in [6.45, 7) is 0.859. The van der Waals surface area contributed by atoms with E-state index in [0.29, 0.717) is 5.02 Å². The molecule has 2 aromatic carbocycles. The molecule has 10 heteroatoms. The van der Waals surface area contributed by atoms with Gasteiger partial charge in [0.15, 0.2) is 12.4 Å². The van der Waals surface area contributed by atoms with Crippen LogP contribution in [-0.2, 0) is 19.1 Å². The highest BCUT2D eigenvalue weighted by Crippen LogP contribution is 2.52. The van der Waals surface area contributed by atoms with E-state index in [1.807, 2.05) is 12.2 Å². The fourth-order valence-electron chi connectivity index (χ4n) is 5.25. The second-order valence-electron chi connectivity index (χ2n) is 9.30. The van der Waals surface area contributed by atoms with Gasteiger partial charge in [-0.15, -0.1) is 0 Å². The molecular formula is C27H21Cl2NO7. The minimum Gasteiger partial charge on any atom is -0.456 e. The average molecular weight is 542 g/mol. The number of esters is 2. The molecule has 5 unspecified atom stereocenters. The maximum Gasteiger partial charge on any atom is 0.343 e. The number of nitrogens with zero attached hydrogens (tertiary/aromatic N) is 1. The Morgan fingerprint density at radius 2 is 1.51 bits per heavy atom. The maximum absolute atomic E-state index is 12.9. The van der Waals surface area contributed by atoms with Crippen LogP contribution in [0.3, 0.4) is 0 Å². The van der Waals surface area contributed by atoms with E-state index in [1.165, 1.54) is 49.4 Å². The topological polar surface area (TPSA) is 107 Å². The molecule has 0 spiro atoms. The lowest BCUT2D eigenvalue weighted by Gasteiger charge is -2.23. The first-order valence-electron chi connectivity index (χ1n) is 11.7. The summed E-state index contributed by atoms with van der Waals surface area (Å²) in [6.07, 6.45) is 4.74. The molecule has 0 N–H and O–H groups in total. The van der Waals surface area contributed by atoms with Gasteiger partial charge in [0, 0.05) is 5.56 Å². The zero-order valence-corrected chi connectivity index (χ0v) is 21.1. The second-order valence-corrected chi connectivity index (χ2v) is 10.1. The van der Waals surface area contributed by atoms with Crippen molar-refractivity contribution in [3.8, 4) is 5.75 Å². The summed E-state index contributed by atoms with van der Waals surface area (Å²) >= 11 is 11.8. The van der Waals surface area contributed by atoms with Gasteiger partial charge in [-0.05, 0) is 67.6 Å². The molecule has 0 radical (unpaired) electrons. The van der Waals surface area contributed by atoms with Crippen LogP contribution in [0.2, 0.25) is 10.0 Å². The molecule has 3 aliphatic rings. The molecule has 2 bridgehead atoms. The van der Waals surface area contributed by atoms with Crippen molar-refractivity contribution < 1.29 is 33.4 Å². The van der Waals surface area contributed by atoms with Crippen molar-refractivity contribution in [3.05, 3.63) is 75.8 Å². The Morgan fingerprint density at radius 1 is 0.919 bits per heavy atom. The highest BCUT2D eigenvalue weighted by Gasteiger charge is 2.60. The van der Waals surface area contributed by atoms with Gasteiger partial charge in [0.25, 0.3) is 0 Å². The van der Waals surface area contributed by atoms with E-state index >= 15 is 0 Å². The zero-order valence-electron chi connectivity index (χ0n) is 19.6. The van der Waals surface area contributed by atoms with E-state index in [0.717, 1.165) is 11.3 Å². The van der Waals surface area contributed by atoms with E-state index in [4.69, 9.17) is 32.7 Å². The van der Waals surface area contributed by atoms with Crippen LogP contribution in [0.1, 0.15) is 34.1 Å². The van der Waals surface area contributed by atoms with Crippen molar-refractivity contribution in [3.63, 3.8) is 0 Å². The predicted molar refractivity (Wildman–Crippen MR) is 132 cm³/mol. The molecule has 1 saturated heterocycles. The van der Waals surface area contributed by atoms with E-state index in [1.54, 1.807) is 0 Å². The van der Waals surface area contributed by atoms with Gasteiger partial charge in [-0.25, -0.2) is 9.59 Å². The number of benzene rings is 2. The molecule has 1 saturated carbocycles. The van der Waals surface area contributed by atoms with Crippen LogP contribution in [0, 0.1) is 23.7 Å². The Labute approximate surface area is 222 Å². The van der Waals surface area contributed by atoms with E-state index in [9.17, 15) is 24.0 Å². The Morgan fingerprint density at radius 3 is 2.11 bits per heavy atom. The minimum atomic E-state index is -1.12. The van der Waals surface area contributed by atoms with Gasteiger partial charge < -0.3 is 9.47 Å².